The van der Waals surface area contributed by atoms with Gasteiger partial charge in [0.2, 0.25) is 0 Å². The van der Waals surface area contributed by atoms with E-state index >= 15 is 0 Å². The van der Waals surface area contributed by atoms with Gasteiger partial charge in [0.25, 0.3) is 5.72 Å². The maximum Gasteiger partial charge on any atom is 0.438 e. The van der Waals surface area contributed by atoms with Gasteiger partial charge in [0, 0.05) is 11.8 Å². The number of hydrazone groups is 1. The molecule has 9 heteroatoms. The Hall–Kier alpha value is -1.77. The molecule has 3 saturated carbocycles. The Morgan fingerprint density at radius 2 is 1.52 bits per heavy atom. The molecule has 0 unspecified atom stereocenters. The molecule has 4 aliphatic carbocycles. The molecule has 0 amide bonds. The second kappa shape index (κ2) is 5.10. The van der Waals surface area contributed by atoms with E-state index in [-0.39, 0.29) is 30.1 Å². The van der Waals surface area contributed by atoms with Crippen LogP contribution in [-0.2, 0) is 0 Å². The molecule has 0 aromatic heterocycles. The van der Waals surface area contributed by atoms with Gasteiger partial charge in [-0.05, 0) is 59.5 Å². The van der Waals surface area contributed by atoms with Gasteiger partial charge < -0.3 is 5.11 Å². The first-order valence-electron chi connectivity index (χ1n) is 9.84. The van der Waals surface area contributed by atoms with Gasteiger partial charge >= 0.3 is 12.4 Å². The molecule has 0 spiro atoms. The number of benzene rings is 1. The highest BCUT2D eigenvalue weighted by atomic mass is 19.4. The van der Waals surface area contributed by atoms with Crippen LogP contribution in [0.3, 0.4) is 0 Å². The molecule has 1 aromatic rings. The van der Waals surface area contributed by atoms with Gasteiger partial charge in [0.1, 0.15) is 5.71 Å². The molecule has 5 aliphatic rings. The Kier molecular flexibility index (Phi) is 3.17. The van der Waals surface area contributed by atoms with Crippen molar-refractivity contribution in [3.63, 3.8) is 0 Å². The summed E-state index contributed by atoms with van der Waals surface area (Å²) in [6.45, 7) is 0. The molecule has 0 saturated heterocycles. The lowest BCUT2D eigenvalue weighted by Crippen LogP contribution is -2.68. The average Bonchev–Trinajstić information content (AvgIpc) is 3.37. The van der Waals surface area contributed by atoms with Crippen LogP contribution in [0.4, 0.5) is 26.3 Å². The Morgan fingerprint density at radius 3 is 2.07 bits per heavy atom. The van der Waals surface area contributed by atoms with Gasteiger partial charge in [0.05, 0.1) is 0 Å². The number of fused-ring (bicyclic) bond motifs is 15. The van der Waals surface area contributed by atoms with Crippen LogP contribution < -0.4 is 5.43 Å². The van der Waals surface area contributed by atoms with E-state index in [4.69, 9.17) is 0 Å². The zero-order chi connectivity index (χ0) is 20.5. The molecule has 3 nitrogen and oxygen atoms in total. The van der Waals surface area contributed by atoms with Crippen molar-refractivity contribution in [2.45, 2.75) is 42.8 Å². The van der Waals surface area contributed by atoms with Gasteiger partial charge in [-0.15, -0.1) is 0 Å². The first-order chi connectivity index (χ1) is 13.5. The number of nitrogens with one attached hydrogen (secondary N) is 1. The minimum absolute atomic E-state index is 0.0582. The maximum atomic E-state index is 13.8. The van der Waals surface area contributed by atoms with E-state index in [1.165, 1.54) is 5.43 Å². The molecule has 0 radical (unpaired) electrons. The molecule has 1 aliphatic heterocycles. The van der Waals surface area contributed by atoms with E-state index in [1.54, 1.807) is 0 Å². The highest BCUT2D eigenvalue weighted by Crippen LogP contribution is 2.75. The van der Waals surface area contributed by atoms with Gasteiger partial charge in [-0.3, -0.25) is 5.43 Å². The second-order valence-electron chi connectivity index (χ2n) is 9.22. The Morgan fingerprint density at radius 1 is 0.931 bits per heavy atom. The largest absolute Gasteiger partial charge is 0.438 e. The van der Waals surface area contributed by atoms with E-state index in [2.05, 4.69) is 5.10 Å². The second-order valence-corrected chi connectivity index (χ2v) is 9.22. The van der Waals surface area contributed by atoms with Crippen molar-refractivity contribution in [1.82, 2.24) is 5.43 Å². The number of hydrogen-bond donors (Lipinski definition) is 2. The predicted molar refractivity (Wildman–Crippen MR) is 89.7 cm³/mol. The smallest absolute Gasteiger partial charge is 0.362 e. The first kappa shape index (κ1) is 18.0. The summed E-state index contributed by atoms with van der Waals surface area (Å²) in [5, 5.41) is 13.6. The number of nitrogens with zero attached hydrogens (tertiary/aromatic N) is 1. The van der Waals surface area contributed by atoms with Crippen LogP contribution in [0.5, 0.6) is 0 Å². The average molecular weight is 416 g/mol. The van der Waals surface area contributed by atoms with E-state index in [0.29, 0.717) is 0 Å². The molecule has 29 heavy (non-hydrogen) atoms. The van der Waals surface area contributed by atoms with Crippen LogP contribution in [0, 0.1) is 35.5 Å². The summed E-state index contributed by atoms with van der Waals surface area (Å²) in [5.74, 6) is -4.23. The van der Waals surface area contributed by atoms with Crippen molar-refractivity contribution in [2.24, 2.45) is 40.6 Å². The lowest BCUT2D eigenvalue weighted by Gasteiger charge is -2.51. The molecule has 9 atom stereocenters. The fourth-order valence-electron chi connectivity index (χ4n) is 7.82. The van der Waals surface area contributed by atoms with Crippen LogP contribution in [-0.4, -0.2) is 28.9 Å². The van der Waals surface area contributed by atoms with Gasteiger partial charge in [0.15, 0.2) is 0 Å². The van der Waals surface area contributed by atoms with Crippen molar-refractivity contribution in [3.05, 3.63) is 35.4 Å². The van der Waals surface area contributed by atoms with Crippen molar-refractivity contribution < 1.29 is 31.4 Å². The number of aliphatic hydroxyl groups is 1. The van der Waals surface area contributed by atoms with Gasteiger partial charge in [-0.2, -0.15) is 31.4 Å². The van der Waals surface area contributed by atoms with Crippen molar-refractivity contribution >= 4 is 5.71 Å². The zero-order valence-electron chi connectivity index (χ0n) is 15.0. The minimum atomic E-state index is -5.12. The van der Waals surface area contributed by atoms with Crippen molar-refractivity contribution in [3.8, 4) is 0 Å². The number of halogens is 6. The normalized spacial score (nSPS) is 46.8. The summed E-state index contributed by atoms with van der Waals surface area (Å²) in [6.07, 6.45) is -8.90. The van der Waals surface area contributed by atoms with Crippen LogP contribution in [0.2, 0.25) is 0 Å². The third-order valence-corrected chi connectivity index (χ3v) is 8.39. The zero-order valence-corrected chi connectivity index (χ0v) is 15.0. The predicted octanol–water partition coefficient (Wildman–Crippen LogP) is 4.16. The molecular formula is C20H18F6N2O. The summed E-state index contributed by atoms with van der Waals surface area (Å²) in [7, 11) is 0. The highest BCUT2D eigenvalue weighted by molar-refractivity contribution is 5.93. The molecule has 156 valence electrons. The van der Waals surface area contributed by atoms with Crippen molar-refractivity contribution in [2.75, 3.05) is 0 Å². The Balaban J connectivity index is 1.50. The Labute approximate surface area is 162 Å². The summed E-state index contributed by atoms with van der Waals surface area (Å²) >= 11 is 0. The number of hydrogen-bond acceptors (Lipinski definition) is 3. The molecule has 3 fully saturated rings. The summed E-state index contributed by atoms with van der Waals surface area (Å²) in [6, 6.07) is 7.78. The molecule has 1 heterocycles. The summed E-state index contributed by atoms with van der Waals surface area (Å²) in [5.41, 5.74) is -0.888. The fraction of sp³-hybridized carbons (Fsp3) is 0.650. The summed E-state index contributed by atoms with van der Waals surface area (Å²) in [4.78, 5) is 0. The molecule has 4 bridgehead atoms. The third kappa shape index (κ3) is 1.98. The minimum Gasteiger partial charge on any atom is -0.362 e. The van der Waals surface area contributed by atoms with Crippen molar-refractivity contribution in [1.29, 1.82) is 0 Å². The lowest BCUT2D eigenvalue weighted by atomic mass is 9.58. The molecular weight excluding hydrogens is 398 g/mol. The lowest BCUT2D eigenvalue weighted by molar-refractivity contribution is -0.307. The quantitative estimate of drug-likeness (QED) is 0.493. The first-order valence-corrected chi connectivity index (χ1v) is 9.84. The number of rotatable bonds is 0. The standard InChI is InChI=1S/C20H18F6N2O/c21-19(22,23)17-15-11-6-12(16(15)18(29,28-27-17)20(24,25)26)14-10-5-9(13(11)14)7-3-1-2-4-8(7)10/h1-4,9-16,28-29H,5-6H2/t9-,10+,11-,12+,13-,14+,15-,16+,18+/m1/s1. The molecule has 1 aromatic carbocycles. The topological polar surface area (TPSA) is 44.6 Å². The Bertz CT molecular complexity index is 926. The van der Waals surface area contributed by atoms with Crippen LogP contribution in [0.1, 0.15) is 35.8 Å². The van der Waals surface area contributed by atoms with E-state index < -0.39 is 47.5 Å². The molecule has 2 N–H and O–H groups in total. The molecule has 6 rings (SSSR count). The third-order valence-electron chi connectivity index (χ3n) is 8.39. The van der Waals surface area contributed by atoms with Crippen LogP contribution in [0.15, 0.2) is 29.4 Å². The van der Waals surface area contributed by atoms with E-state index in [0.717, 1.165) is 17.5 Å². The number of alkyl halides is 6. The van der Waals surface area contributed by atoms with E-state index in [9.17, 15) is 31.4 Å². The van der Waals surface area contributed by atoms with E-state index in [1.807, 2.05) is 24.3 Å². The summed E-state index contributed by atoms with van der Waals surface area (Å²) < 4.78 is 82.5. The van der Waals surface area contributed by atoms with Gasteiger partial charge in [-0.1, -0.05) is 24.3 Å². The highest BCUT2D eigenvalue weighted by Gasteiger charge is 2.77. The SMILES string of the molecule is O[C@@]1(C(F)(F)F)NN=C(C(F)(F)F)[C@@H]2[C@@H]3C[C@@H]([C@H]4[C@@H]3[C@@H]3C[C@H]4c4ccccc43)[C@@H]21. The van der Waals surface area contributed by atoms with Crippen LogP contribution >= 0.6 is 0 Å². The maximum absolute atomic E-state index is 13.8. The van der Waals surface area contributed by atoms with Crippen LogP contribution in [0.25, 0.3) is 0 Å². The fourth-order valence-corrected chi connectivity index (χ4v) is 7.82. The van der Waals surface area contributed by atoms with Gasteiger partial charge in [-0.25, -0.2) is 0 Å². The monoisotopic (exact) mass is 416 g/mol.